The van der Waals surface area contributed by atoms with Crippen LogP contribution in [0.1, 0.15) is 46.5 Å². The lowest BCUT2D eigenvalue weighted by atomic mass is 10.0. The van der Waals surface area contributed by atoms with Crippen molar-refractivity contribution < 1.29 is 14.3 Å². The van der Waals surface area contributed by atoms with Crippen LogP contribution in [-0.4, -0.2) is 35.5 Å². The van der Waals surface area contributed by atoms with E-state index in [1.807, 2.05) is 13.8 Å². The van der Waals surface area contributed by atoms with Gasteiger partial charge >= 0.3 is 6.09 Å². The number of hydrogen-bond acceptors (Lipinski definition) is 3. The molecule has 1 aliphatic heterocycles. The Morgan fingerprint density at radius 2 is 1.94 bits per heavy atom. The average Bonchev–Trinajstić information content (AvgIpc) is 2.17. The largest absolute Gasteiger partial charge is 0.443 e. The molecule has 16 heavy (non-hydrogen) atoms. The molecule has 0 N–H and O–H groups in total. The third-order valence-electron chi connectivity index (χ3n) is 2.79. The van der Waals surface area contributed by atoms with Gasteiger partial charge in [0.25, 0.3) is 0 Å². The van der Waals surface area contributed by atoms with E-state index in [4.69, 9.17) is 4.74 Å². The fourth-order valence-corrected chi connectivity index (χ4v) is 1.89. The van der Waals surface area contributed by atoms with Crippen molar-refractivity contribution in [1.29, 1.82) is 0 Å². The van der Waals surface area contributed by atoms with E-state index >= 15 is 0 Å². The number of ketones is 1. The molecule has 1 saturated heterocycles. The lowest BCUT2D eigenvalue weighted by molar-refractivity contribution is -0.121. The van der Waals surface area contributed by atoms with E-state index in [-0.39, 0.29) is 11.9 Å². The van der Waals surface area contributed by atoms with Crippen molar-refractivity contribution in [1.82, 2.24) is 4.90 Å². The van der Waals surface area contributed by atoms with E-state index in [0.717, 1.165) is 12.8 Å². The topological polar surface area (TPSA) is 46.6 Å². The molecule has 0 atom stereocenters. The standard InChI is InChI=1S/C12H21NO3/c1-4-7-12(2,3)16-11(15)13-8-5-10(14)6-9-13/h4-9H2,1-3H3. The number of rotatable bonds is 3. The molecule has 4 nitrogen and oxygen atoms in total. The first kappa shape index (κ1) is 13.0. The van der Waals surface area contributed by atoms with Crippen molar-refractivity contribution >= 4 is 11.9 Å². The van der Waals surface area contributed by atoms with Crippen molar-refractivity contribution in [3.63, 3.8) is 0 Å². The molecule has 0 aromatic heterocycles. The highest BCUT2D eigenvalue weighted by atomic mass is 16.6. The van der Waals surface area contributed by atoms with Gasteiger partial charge < -0.3 is 9.64 Å². The van der Waals surface area contributed by atoms with Crippen LogP contribution in [-0.2, 0) is 9.53 Å². The first-order valence-electron chi connectivity index (χ1n) is 5.94. The molecule has 0 aromatic carbocycles. The van der Waals surface area contributed by atoms with Gasteiger partial charge in [0, 0.05) is 25.9 Å². The van der Waals surface area contributed by atoms with Crippen molar-refractivity contribution in [2.24, 2.45) is 0 Å². The van der Waals surface area contributed by atoms with Gasteiger partial charge in [0.2, 0.25) is 0 Å². The van der Waals surface area contributed by atoms with Crippen LogP contribution in [0.4, 0.5) is 4.79 Å². The Morgan fingerprint density at radius 1 is 1.38 bits per heavy atom. The summed E-state index contributed by atoms with van der Waals surface area (Å²) in [7, 11) is 0. The highest BCUT2D eigenvalue weighted by Crippen LogP contribution is 2.19. The Kier molecular flexibility index (Phi) is 4.33. The van der Waals surface area contributed by atoms with E-state index in [1.54, 1.807) is 4.90 Å². The number of nitrogens with zero attached hydrogens (tertiary/aromatic N) is 1. The molecular formula is C12H21NO3. The molecule has 0 aliphatic carbocycles. The third kappa shape index (κ3) is 3.83. The van der Waals surface area contributed by atoms with Crippen molar-refractivity contribution in [2.45, 2.75) is 52.1 Å². The van der Waals surface area contributed by atoms with Crippen molar-refractivity contribution in [3.8, 4) is 0 Å². The maximum Gasteiger partial charge on any atom is 0.410 e. The molecule has 1 fully saturated rings. The highest BCUT2D eigenvalue weighted by molar-refractivity contribution is 5.81. The number of Topliss-reactive ketones (excluding diaryl/α,β-unsaturated/α-hetero) is 1. The molecule has 1 heterocycles. The van der Waals surface area contributed by atoms with Gasteiger partial charge in [0.15, 0.2) is 0 Å². The van der Waals surface area contributed by atoms with Crippen LogP contribution in [0.2, 0.25) is 0 Å². The molecule has 92 valence electrons. The summed E-state index contributed by atoms with van der Waals surface area (Å²) in [5.41, 5.74) is -0.409. The van der Waals surface area contributed by atoms with E-state index in [1.165, 1.54) is 0 Å². The summed E-state index contributed by atoms with van der Waals surface area (Å²) in [5.74, 6) is 0.233. The molecule has 0 saturated carbocycles. The second kappa shape index (κ2) is 5.32. The molecule has 0 radical (unpaired) electrons. The monoisotopic (exact) mass is 227 g/mol. The summed E-state index contributed by atoms with van der Waals surface area (Å²) >= 11 is 0. The van der Waals surface area contributed by atoms with Gasteiger partial charge in [-0.05, 0) is 20.3 Å². The predicted octanol–water partition coefficient (Wildman–Crippen LogP) is 2.37. The van der Waals surface area contributed by atoms with Gasteiger partial charge in [0.05, 0.1) is 0 Å². The normalized spacial score (nSPS) is 17.4. The minimum atomic E-state index is -0.409. The number of carbonyl (C=O) groups excluding carboxylic acids is 2. The number of piperidine rings is 1. The maximum absolute atomic E-state index is 11.8. The zero-order valence-electron chi connectivity index (χ0n) is 10.4. The molecule has 4 heteroatoms. The lowest BCUT2D eigenvalue weighted by Crippen LogP contribution is -2.42. The Hall–Kier alpha value is -1.06. The van der Waals surface area contributed by atoms with Crippen LogP contribution in [0.5, 0.6) is 0 Å². The van der Waals surface area contributed by atoms with Crippen molar-refractivity contribution in [2.75, 3.05) is 13.1 Å². The second-order valence-electron chi connectivity index (χ2n) is 4.90. The molecular weight excluding hydrogens is 206 g/mol. The number of carbonyl (C=O) groups is 2. The minimum Gasteiger partial charge on any atom is -0.443 e. The maximum atomic E-state index is 11.8. The van der Waals surface area contributed by atoms with Gasteiger partial charge in [-0.25, -0.2) is 4.79 Å². The van der Waals surface area contributed by atoms with E-state index in [0.29, 0.717) is 25.9 Å². The quantitative estimate of drug-likeness (QED) is 0.743. The molecule has 0 spiro atoms. The summed E-state index contributed by atoms with van der Waals surface area (Å²) in [4.78, 5) is 24.5. The average molecular weight is 227 g/mol. The van der Waals surface area contributed by atoms with Crippen molar-refractivity contribution in [3.05, 3.63) is 0 Å². The zero-order valence-corrected chi connectivity index (χ0v) is 10.4. The first-order chi connectivity index (χ1) is 7.44. The minimum absolute atomic E-state index is 0.233. The number of amides is 1. The Bertz CT molecular complexity index is 263. The van der Waals surface area contributed by atoms with Gasteiger partial charge in [-0.3, -0.25) is 4.79 Å². The molecule has 1 rings (SSSR count). The van der Waals surface area contributed by atoms with Crippen LogP contribution >= 0.6 is 0 Å². The molecule has 0 aromatic rings. The SMILES string of the molecule is CCCC(C)(C)OC(=O)N1CCC(=O)CC1. The fourth-order valence-electron chi connectivity index (χ4n) is 1.89. The van der Waals surface area contributed by atoms with Crippen LogP contribution in [0, 0.1) is 0 Å². The first-order valence-corrected chi connectivity index (χ1v) is 5.94. The summed E-state index contributed by atoms with van der Waals surface area (Å²) in [6, 6.07) is 0. The second-order valence-corrected chi connectivity index (χ2v) is 4.90. The molecule has 0 unspecified atom stereocenters. The molecule has 1 aliphatic rings. The summed E-state index contributed by atoms with van der Waals surface area (Å²) in [6.07, 6.45) is 2.47. The van der Waals surface area contributed by atoms with E-state index in [2.05, 4.69) is 6.92 Å². The fraction of sp³-hybridized carbons (Fsp3) is 0.833. The smallest absolute Gasteiger partial charge is 0.410 e. The zero-order chi connectivity index (χ0) is 12.2. The van der Waals surface area contributed by atoms with Crippen LogP contribution < -0.4 is 0 Å². The van der Waals surface area contributed by atoms with Gasteiger partial charge in [-0.2, -0.15) is 0 Å². The van der Waals surface area contributed by atoms with E-state index < -0.39 is 5.60 Å². The van der Waals surface area contributed by atoms with Crippen LogP contribution in [0.25, 0.3) is 0 Å². The number of likely N-dealkylation sites (tertiary alicyclic amines) is 1. The van der Waals surface area contributed by atoms with Crippen LogP contribution in [0.3, 0.4) is 0 Å². The third-order valence-corrected chi connectivity index (χ3v) is 2.79. The Labute approximate surface area is 96.9 Å². The summed E-state index contributed by atoms with van der Waals surface area (Å²) in [5, 5.41) is 0. The van der Waals surface area contributed by atoms with Gasteiger partial charge in [-0.1, -0.05) is 13.3 Å². The highest BCUT2D eigenvalue weighted by Gasteiger charge is 2.27. The van der Waals surface area contributed by atoms with Gasteiger partial charge in [-0.15, -0.1) is 0 Å². The Morgan fingerprint density at radius 3 is 2.44 bits per heavy atom. The number of ether oxygens (including phenoxy) is 1. The Balaban J connectivity index is 2.43. The van der Waals surface area contributed by atoms with E-state index in [9.17, 15) is 9.59 Å². The summed E-state index contributed by atoms with van der Waals surface area (Å²) < 4.78 is 5.43. The predicted molar refractivity (Wildman–Crippen MR) is 61.3 cm³/mol. The molecule has 0 bridgehead atoms. The van der Waals surface area contributed by atoms with Gasteiger partial charge in [0.1, 0.15) is 11.4 Å². The van der Waals surface area contributed by atoms with Crippen LogP contribution in [0.15, 0.2) is 0 Å². The molecule has 1 amide bonds. The number of hydrogen-bond donors (Lipinski definition) is 0. The summed E-state index contributed by atoms with van der Waals surface area (Å²) in [6.45, 7) is 6.90. The lowest BCUT2D eigenvalue weighted by Gasteiger charge is -2.31.